The number of aromatic nitrogens is 1. The summed E-state index contributed by atoms with van der Waals surface area (Å²) in [6.45, 7) is 0. The predicted octanol–water partition coefficient (Wildman–Crippen LogP) is 4.35. The van der Waals surface area contributed by atoms with Crippen LogP contribution in [0.2, 0.25) is 0 Å². The van der Waals surface area contributed by atoms with Gasteiger partial charge in [-0.3, -0.25) is 0 Å². The van der Waals surface area contributed by atoms with Gasteiger partial charge >= 0.3 is 19.5 Å². The molecular weight excluding hydrogens is 283 g/mol. The fourth-order valence-corrected chi connectivity index (χ4v) is 1.30. The number of rotatable bonds is 1. The number of allylic oxidation sites excluding steroid dienone is 4. The number of hydrogen-bond acceptors (Lipinski definition) is 0. The Morgan fingerprint density at radius 3 is 2.25 bits per heavy atom. The standard InChI is InChI=1S/C10H10N.4CH3.Ru/c1-2-4-9(5-3-1)10-6-7-11-8-10;;;;;/h1-2,4,6-7,11H,3,5H2;4*1H3;/q5*-1;+5. The number of aromatic amines is 1. The van der Waals surface area contributed by atoms with Crippen LogP contribution in [0.25, 0.3) is 5.57 Å². The molecule has 0 saturated carbocycles. The largest absolute Gasteiger partial charge is 5.00 e. The third kappa shape index (κ3) is 6.07. The van der Waals surface area contributed by atoms with Gasteiger partial charge in [0.1, 0.15) is 0 Å². The summed E-state index contributed by atoms with van der Waals surface area (Å²) in [7, 11) is 0. The molecule has 0 aliphatic heterocycles. The summed E-state index contributed by atoms with van der Waals surface area (Å²) in [5.74, 6) is 0. The molecule has 1 N–H and O–H groups in total. The zero-order valence-electron chi connectivity index (χ0n) is 10.7. The number of H-pyrrole nitrogens is 1. The summed E-state index contributed by atoms with van der Waals surface area (Å²) in [6, 6.07) is 2.06. The zero-order valence-corrected chi connectivity index (χ0v) is 12.4. The normalized spacial score (nSPS) is 11.4. The molecule has 1 aliphatic rings. The Bertz CT molecular complexity index is 284. The summed E-state index contributed by atoms with van der Waals surface area (Å²) in [5.41, 5.74) is 2.59. The van der Waals surface area contributed by atoms with Crippen molar-refractivity contribution in [3.63, 3.8) is 0 Å². The van der Waals surface area contributed by atoms with Crippen molar-refractivity contribution in [1.29, 1.82) is 0 Å². The minimum atomic E-state index is 0. The molecule has 2 heteroatoms. The van der Waals surface area contributed by atoms with Gasteiger partial charge in [0.15, 0.2) is 0 Å². The van der Waals surface area contributed by atoms with Gasteiger partial charge in [-0.2, -0.15) is 6.07 Å². The molecule has 0 bridgehead atoms. The van der Waals surface area contributed by atoms with Crippen molar-refractivity contribution in [2.24, 2.45) is 0 Å². The van der Waals surface area contributed by atoms with Gasteiger partial charge in [-0.1, -0.05) is 24.8 Å². The molecule has 0 fully saturated rings. The molecule has 0 amide bonds. The number of nitrogens with one attached hydrogen (secondary N) is 1. The maximum atomic E-state index is 3.08. The van der Waals surface area contributed by atoms with Crippen molar-refractivity contribution in [3.8, 4) is 0 Å². The molecule has 0 unspecified atom stereocenters. The van der Waals surface area contributed by atoms with Crippen molar-refractivity contribution in [2.75, 3.05) is 0 Å². The Hall–Kier alpha value is -0.617. The van der Waals surface area contributed by atoms with Gasteiger partial charge < -0.3 is 34.7 Å². The molecule has 1 aromatic heterocycles. The quantitative estimate of drug-likeness (QED) is 0.586. The zero-order chi connectivity index (χ0) is 7.52. The van der Waals surface area contributed by atoms with Crippen LogP contribution in [0, 0.1) is 35.9 Å². The summed E-state index contributed by atoms with van der Waals surface area (Å²) in [6.07, 6.45) is 13.7. The van der Waals surface area contributed by atoms with E-state index in [0.29, 0.717) is 0 Å². The summed E-state index contributed by atoms with van der Waals surface area (Å²) in [5, 5.41) is 0. The first-order valence-electron chi connectivity index (χ1n) is 3.88. The van der Waals surface area contributed by atoms with Crippen LogP contribution in [0.15, 0.2) is 30.5 Å². The van der Waals surface area contributed by atoms with E-state index in [0.717, 1.165) is 12.8 Å². The second-order valence-electron chi connectivity index (χ2n) is 2.68. The molecule has 0 atom stereocenters. The Balaban J connectivity index is -0.000000144. The molecule has 1 aromatic rings. The van der Waals surface area contributed by atoms with E-state index < -0.39 is 0 Å². The van der Waals surface area contributed by atoms with Crippen molar-refractivity contribution in [1.82, 2.24) is 4.98 Å². The maximum Gasteiger partial charge on any atom is 5.00 e. The van der Waals surface area contributed by atoms with E-state index in [9.17, 15) is 0 Å². The number of hydrogen-bond donors (Lipinski definition) is 1. The maximum absolute atomic E-state index is 3.08. The average molecular weight is 305 g/mol. The van der Waals surface area contributed by atoms with Crippen molar-refractivity contribution in [3.05, 3.63) is 72.0 Å². The molecular formula is C14H22NRu. The van der Waals surface area contributed by atoms with Gasteiger partial charge in [0.25, 0.3) is 0 Å². The second-order valence-corrected chi connectivity index (χ2v) is 2.68. The van der Waals surface area contributed by atoms with Gasteiger partial charge in [-0.25, -0.2) is 0 Å². The molecule has 1 aliphatic carbocycles. The van der Waals surface area contributed by atoms with E-state index in [1.165, 1.54) is 11.1 Å². The molecule has 91 valence electrons. The molecule has 0 aromatic carbocycles. The van der Waals surface area contributed by atoms with E-state index in [4.69, 9.17) is 0 Å². The van der Waals surface area contributed by atoms with Crippen LogP contribution in [0.3, 0.4) is 0 Å². The SMILES string of the molecule is [CH3-].[CH3-].[CH3-].[CH3-].[Ru+5].[c-]1[nH]ccc1C1=CC=CCC1. The first-order valence-corrected chi connectivity index (χ1v) is 3.88. The minimum Gasteiger partial charge on any atom is -0.453 e. The van der Waals surface area contributed by atoms with E-state index >= 15 is 0 Å². The van der Waals surface area contributed by atoms with E-state index in [2.05, 4.69) is 35.5 Å². The van der Waals surface area contributed by atoms with Gasteiger partial charge in [0.2, 0.25) is 0 Å². The summed E-state index contributed by atoms with van der Waals surface area (Å²) < 4.78 is 0. The fraction of sp³-hybridized carbons (Fsp3) is 0.143. The van der Waals surface area contributed by atoms with Crippen molar-refractivity contribution < 1.29 is 19.5 Å². The van der Waals surface area contributed by atoms with Gasteiger partial charge in [-0.15, -0.1) is 23.4 Å². The van der Waals surface area contributed by atoms with Gasteiger partial charge in [-0.05, 0) is 6.42 Å². The molecule has 2 rings (SSSR count). The summed E-state index contributed by atoms with van der Waals surface area (Å²) >= 11 is 0. The minimum absolute atomic E-state index is 0. The molecule has 16 heavy (non-hydrogen) atoms. The Kier molecular flexibility index (Phi) is 19.1. The Morgan fingerprint density at radius 2 is 1.81 bits per heavy atom. The predicted molar refractivity (Wildman–Crippen MR) is 71.6 cm³/mol. The second kappa shape index (κ2) is 12.5. The first-order chi connectivity index (χ1) is 5.47. The van der Waals surface area contributed by atoms with Crippen LogP contribution in [0.1, 0.15) is 18.4 Å². The van der Waals surface area contributed by atoms with Crippen LogP contribution in [0.5, 0.6) is 0 Å². The van der Waals surface area contributed by atoms with Crippen LogP contribution in [-0.4, -0.2) is 4.98 Å². The van der Waals surface area contributed by atoms with Gasteiger partial charge in [0.05, 0.1) is 0 Å². The Labute approximate surface area is 115 Å². The van der Waals surface area contributed by atoms with Crippen LogP contribution < -0.4 is 0 Å². The Morgan fingerprint density at radius 1 is 1.12 bits per heavy atom. The molecule has 0 saturated heterocycles. The topological polar surface area (TPSA) is 15.8 Å². The van der Waals surface area contributed by atoms with Gasteiger partial charge in [0, 0.05) is 0 Å². The van der Waals surface area contributed by atoms with Crippen molar-refractivity contribution >= 4 is 5.57 Å². The first kappa shape index (κ1) is 24.6. The third-order valence-corrected chi connectivity index (χ3v) is 1.90. The smallest absolute Gasteiger partial charge is 0.453 e. The van der Waals surface area contributed by atoms with E-state index in [1.54, 1.807) is 0 Å². The average Bonchev–Trinajstić information content (AvgIpc) is 2.58. The molecule has 1 heterocycles. The fourth-order valence-electron chi connectivity index (χ4n) is 1.30. The van der Waals surface area contributed by atoms with Crippen molar-refractivity contribution in [2.45, 2.75) is 12.8 Å². The van der Waals surface area contributed by atoms with Crippen LogP contribution in [0.4, 0.5) is 0 Å². The molecule has 0 spiro atoms. The monoisotopic (exact) mass is 306 g/mol. The van der Waals surface area contributed by atoms with E-state index in [-0.39, 0.29) is 49.2 Å². The summed E-state index contributed by atoms with van der Waals surface area (Å²) in [4.78, 5) is 2.94. The van der Waals surface area contributed by atoms with E-state index in [1.807, 2.05) is 6.20 Å². The molecule has 1 nitrogen and oxygen atoms in total. The third-order valence-electron chi connectivity index (χ3n) is 1.90. The molecule has 1 radical (unpaired) electrons. The van der Waals surface area contributed by atoms with Crippen LogP contribution in [-0.2, 0) is 19.5 Å². The van der Waals surface area contributed by atoms with Crippen LogP contribution >= 0.6 is 0 Å².